The predicted octanol–water partition coefficient (Wildman–Crippen LogP) is 0.729. The number of carbonyl (C=O) groups excluding carboxylic acids is 1. The molecule has 0 spiro atoms. The van der Waals surface area contributed by atoms with Crippen molar-refractivity contribution in [3.8, 4) is 0 Å². The smallest absolute Gasteiger partial charge is 0.237 e. The van der Waals surface area contributed by atoms with Crippen molar-refractivity contribution in [1.29, 1.82) is 0 Å². The van der Waals surface area contributed by atoms with E-state index in [1.54, 1.807) is 0 Å². The lowest BCUT2D eigenvalue weighted by molar-refractivity contribution is -0.123. The lowest BCUT2D eigenvalue weighted by atomic mass is 10.1. The molecule has 2 heterocycles. The van der Waals surface area contributed by atoms with E-state index < -0.39 is 0 Å². The standard InChI is InChI=1S/C13H25N3O/c1-11(16-8-3-2-4-9-16)10-15-13(17)12-6-5-7-14-12/h11-12,14H,2-10H2,1H3,(H,15,17). The Morgan fingerprint density at radius 3 is 2.76 bits per heavy atom. The molecule has 2 rings (SSSR count). The molecule has 0 aliphatic carbocycles. The maximum Gasteiger partial charge on any atom is 0.237 e. The molecule has 0 aromatic carbocycles. The van der Waals surface area contributed by atoms with Crippen LogP contribution in [0.3, 0.4) is 0 Å². The van der Waals surface area contributed by atoms with Gasteiger partial charge >= 0.3 is 0 Å². The monoisotopic (exact) mass is 239 g/mol. The number of piperidine rings is 1. The number of hydrogen-bond donors (Lipinski definition) is 2. The van der Waals surface area contributed by atoms with E-state index in [4.69, 9.17) is 0 Å². The van der Waals surface area contributed by atoms with Gasteiger partial charge in [-0.1, -0.05) is 6.42 Å². The molecule has 2 unspecified atom stereocenters. The van der Waals surface area contributed by atoms with Crippen molar-refractivity contribution in [3.05, 3.63) is 0 Å². The molecule has 0 aromatic heterocycles. The molecule has 4 heteroatoms. The van der Waals surface area contributed by atoms with Crippen LogP contribution in [0.25, 0.3) is 0 Å². The summed E-state index contributed by atoms with van der Waals surface area (Å²) in [6.45, 7) is 6.38. The van der Waals surface area contributed by atoms with Crippen LogP contribution < -0.4 is 10.6 Å². The number of amides is 1. The zero-order valence-electron chi connectivity index (χ0n) is 10.9. The highest BCUT2D eigenvalue weighted by atomic mass is 16.2. The number of likely N-dealkylation sites (tertiary alicyclic amines) is 1. The van der Waals surface area contributed by atoms with E-state index in [1.165, 1.54) is 32.4 Å². The zero-order valence-corrected chi connectivity index (χ0v) is 10.9. The third-order valence-electron chi connectivity index (χ3n) is 3.96. The van der Waals surface area contributed by atoms with Gasteiger partial charge in [-0.25, -0.2) is 0 Å². The van der Waals surface area contributed by atoms with Gasteiger partial charge in [-0.05, 0) is 52.2 Å². The molecule has 2 N–H and O–H groups in total. The first-order valence-corrected chi connectivity index (χ1v) is 7.02. The second-order valence-corrected chi connectivity index (χ2v) is 5.34. The van der Waals surface area contributed by atoms with Crippen molar-refractivity contribution in [1.82, 2.24) is 15.5 Å². The third kappa shape index (κ3) is 3.68. The second-order valence-electron chi connectivity index (χ2n) is 5.34. The zero-order chi connectivity index (χ0) is 12.1. The van der Waals surface area contributed by atoms with Gasteiger partial charge in [0.1, 0.15) is 0 Å². The normalized spacial score (nSPS) is 27.9. The molecule has 2 fully saturated rings. The first kappa shape index (κ1) is 12.8. The topological polar surface area (TPSA) is 44.4 Å². The minimum atomic E-state index is 0.0588. The van der Waals surface area contributed by atoms with E-state index >= 15 is 0 Å². The third-order valence-corrected chi connectivity index (χ3v) is 3.96. The van der Waals surface area contributed by atoms with Crippen LogP contribution in [0.2, 0.25) is 0 Å². The average molecular weight is 239 g/mol. The highest BCUT2D eigenvalue weighted by Crippen LogP contribution is 2.11. The van der Waals surface area contributed by atoms with Gasteiger partial charge in [-0.3, -0.25) is 9.69 Å². The van der Waals surface area contributed by atoms with Gasteiger partial charge in [-0.15, -0.1) is 0 Å². The van der Waals surface area contributed by atoms with Crippen molar-refractivity contribution >= 4 is 5.91 Å². The molecule has 17 heavy (non-hydrogen) atoms. The van der Waals surface area contributed by atoms with Crippen molar-refractivity contribution in [2.24, 2.45) is 0 Å². The summed E-state index contributed by atoms with van der Waals surface area (Å²) in [4.78, 5) is 14.3. The maximum atomic E-state index is 11.8. The van der Waals surface area contributed by atoms with Crippen molar-refractivity contribution in [2.45, 2.75) is 51.1 Å². The van der Waals surface area contributed by atoms with E-state index in [0.717, 1.165) is 25.9 Å². The Hall–Kier alpha value is -0.610. The molecule has 1 amide bonds. The van der Waals surface area contributed by atoms with E-state index in [-0.39, 0.29) is 11.9 Å². The van der Waals surface area contributed by atoms with Gasteiger partial charge in [0.2, 0.25) is 5.91 Å². The second kappa shape index (κ2) is 6.36. The molecule has 2 aliphatic rings. The lowest BCUT2D eigenvalue weighted by Gasteiger charge is -2.32. The Kier molecular flexibility index (Phi) is 4.80. The summed E-state index contributed by atoms with van der Waals surface area (Å²) in [6, 6.07) is 0.532. The van der Waals surface area contributed by atoms with Crippen LogP contribution in [-0.2, 0) is 4.79 Å². The summed E-state index contributed by atoms with van der Waals surface area (Å²) in [6.07, 6.45) is 6.09. The van der Waals surface area contributed by atoms with Crippen LogP contribution in [0.15, 0.2) is 0 Å². The van der Waals surface area contributed by atoms with Crippen LogP contribution in [0.4, 0.5) is 0 Å². The number of nitrogens with one attached hydrogen (secondary N) is 2. The van der Waals surface area contributed by atoms with Crippen LogP contribution >= 0.6 is 0 Å². The SMILES string of the molecule is CC(CNC(=O)C1CCCN1)N1CCCCC1. The number of hydrogen-bond acceptors (Lipinski definition) is 3. The van der Waals surface area contributed by atoms with Crippen molar-refractivity contribution in [2.75, 3.05) is 26.2 Å². The first-order chi connectivity index (χ1) is 8.27. The summed E-state index contributed by atoms with van der Waals surface area (Å²) in [5.74, 6) is 0.186. The molecule has 4 nitrogen and oxygen atoms in total. The molecule has 0 saturated carbocycles. The van der Waals surface area contributed by atoms with Crippen LogP contribution in [0, 0.1) is 0 Å². The molecular weight excluding hydrogens is 214 g/mol. The highest BCUT2D eigenvalue weighted by Gasteiger charge is 2.23. The summed E-state index contributed by atoms with van der Waals surface area (Å²) in [5, 5.41) is 6.31. The maximum absolute atomic E-state index is 11.8. The number of nitrogens with zero attached hydrogens (tertiary/aromatic N) is 1. The number of rotatable bonds is 4. The van der Waals surface area contributed by atoms with Crippen molar-refractivity contribution < 1.29 is 4.79 Å². The largest absolute Gasteiger partial charge is 0.353 e. The first-order valence-electron chi connectivity index (χ1n) is 7.02. The molecule has 0 aromatic rings. The molecule has 0 bridgehead atoms. The van der Waals surface area contributed by atoms with Crippen LogP contribution in [-0.4, -0.2) is 49.1 Å². The number of carbonyl (C=O) groups is 1. The van der Waals surface area contributed by atoms with Crippen LogP contribution in [0.1, 0.15) is 39.0 Å². The predicted molar refractivity (Wildman–Crippen MR) is 68.9 cm³/mol. The summed E-state index contributed by atoms with van der Waals surface area (Å²) in [5.41, 5.74) is 0. The van der Waals surface area contributed by atoms with E-state index in [1.807, 2.05) is 0 Å². The molecule has 2 saturated heterocycles. The van der Waals surface area contributed by atoms with Gasteiger partial charge in [0, 0.05) is 12.6 Å². The highest BCUT2D eigenvalue weighted by molar-refractivity contribution is 5.82. The Morgan fingerprint density at radius 1 is 1.35 bits per heavy atom. The van der Waals surface area contributed by atoms with Gasteiger partial charge in [-0.2, -0.15) is 0 Å². The Morgan fingerprint density at radius 2 is 2.12 bits per heavy atom. The Bertz CT molecular complexity index is 245. The van der Waals surface area contributed by atoms with Gasteiger partial charge in [0.15, 0.2) is 0 Å². The van der Waals surface area contributed by atoms with Gasteiger partial charge < -0.3 is 10.6 Å². The Balaban J connectivity index is 1.67. The fourth-order valence-electron chi connectivity index (χ4n) is 2.77. The van der Waals surface area contributed by atoms with Gasteiger partial charge in [0.05, 0.1) is 6.04 Å². The average Bonchev–Trinajstić information content (AvgIpc) is 2.90. The minimum absolute atomic E-state index is 0.0588. The molecular formula is C13H25N3O. The fraction of sp³-hybridized carbons (Fsp3) is 0.923. The summed E-state index contributed by atoms with van der Waals surface area (Å²) < 4.78 is 0. The van der Waals surface area contributed by atoms with Crippen molar-refractivity contribution in [3.63, 3.8) is 0 Å². The summed E-state index contributed by atoms with van der Waals surface area (Å²) >= 11 is 0. The molecule has 0 radical (unpaired) electrons. The minimum Gasteiger partial charge on any atom is -0.353 e. The fourth-order valence-corrected chi connectivity index (χ4v) is 2.77. The van der Waals surface area contributed by atoms with Gasteiger partial charge in [0.25, 0.3) is 0 Å². The van der Waals surface area contributed by atoms with Crippen LogP contribution in [0.5, 0.6) is 0 Å². The molecule has 2 aliphatic heterocycles. The lowest BCUT2D eigenvalue weighted by Crippen LogP contribution is -2.48. The molecule has 98 valence electrons. The van der Waals surface area contributed by atoms with E-state index in [9.17, 15) is 4.79 Å². The summed E-state index contributed by atoms with van der Waals surface area (Å²) in [7, 11) is 0. The quantitative estimate of drug-likeness (QED) is 0.760. The molecule has 2 atom stereocenters. The van der Waals surface area contributed by atoms with E-state index in [0.29, 0.717) is 6.04 Å². The Labute approximate surface area is 104 Å². The van der Waals surface area contributed by atoms with E-state index in [2.05, 4.69) is 22.5 Å².